The Morgan fingerprint density at radius 2 is 1.97 bits per heavy atom. The standard InChI is InChI=1S/C23H21BrN4O5S/c1-5-34-23-25-21-19(26-27-23)15-8-6-7-9-18(15)28(12(2)29)22(33-21)16-10-14(31-4)11-17(24)20(16)32-13(3)30/h6-11,22H,5H2,1-4H3/t22-/m0/s1. The molecule has 11 heteroatoms. The predicted octanol–water partition coefficient (Wildman–Crippen LogP) is 4.79. The van der Waals surface area contributed by atoms with E-state index in [-0.39, 0.29) is 17.5 Å². The van der Waals surface area contributed by atoms with Crippen LogP contribution in [0.4, 0.5) is 5.69 Å². The number of halogens is 1. The Balaban J connectivity index is 2.01. The summed E-state index contributed by atoms with van der Waals surface area (Å²) in [5, 5.41) is 9.02. The molecule has 176 valence electrons. The minimum absolute atomic E-state index is 0.204. The number of amides is 1. The van der Waals surface area contributed by atoms with E-state index < -0.39 is 12.2 Å². The Labute approximate surface area is 209 Å². The van der Waals surface area contributed by atoms with Crippen LogP contribution in [0.3, 0.4) is 0 Å². The van der Waals surface area contributed by atoms with Crippen LogP contribution in [0.15, 0.2) is 46.0 Å². The fraction of sp³-hybridized carbons (Fsp3) is 0.261. The van der Waals surface area contributed by atoms with Crippen LogP contribution in [0.2, 0.25) is 0 Å². The molecule has 0 unspecified atom stereocenters. The number of hydrogen-bond donors (Lipinski definition) is 0. The molecule has 3 aromatic rings. The Bertz CT molecular complexity index is 1270. The van der Waals surface area contributed by atoms with Gasteiger partial charge in [0.2, 0.25) is 23.2 Å². The second-order valence-corrected chi connectivity index (χ2v) is 9.26. The zero-order valence-corrected chi connectivity index (χ0v) is 21.3. The van der Waals surface area contributed by atoms with Crippen LogP contribution < -0.4 is 19.1 Å². The van der Waals surface area contributed by atoms with Crippen LogP contribution >= 0.6 is 27.7 Å². The average molecular weight is 545 g/mol. The van der Waals surface area contributed by atoms with Crippen LogP contribution in [0.1, 0.15) is 32.6 Å². The summed E-state index contributed by atoms with van der Waals surface area (Å²) < 4.78 is 17.8. The summed E-state index contributed by atoms with van der Waals surface area (Å²) in [5.41, 5.74) is 1.99. The average Bonchev–Trinajstić information content (AvgIpc) is 2.94. The van der Waals surface area contributed by atoms with Crippen molar-refractivity contribution in [3.8, 4) is 28.6 Å². The van der Waals surface area contributed by atoms with E-state index in [0.29, 0.717) is 37.9 Å². The molecule has 0 saturated carbocycles. The summed E-state index contributed by atoms with van der Waals surface area (Å²) in [4.78, 5) is 31.0. The van der Waals surface area contributed by atoms with E-state index in [1.807, 2.05) is 25.1 Å². The first-order valence-corrected chi connectivity index (χ1v) is 12.1. The number of aromatic nitrogens is 3. The van der Waals surface area contributed by atoms with Gasteiger partial charge in [0, 0.05) is 19.4 Å². The minimum atomic E-state index is -1.04. The van der Waals surface area contributed by atoms with Crippen LogP contribution in [0.5, 0.6) is 17.4 Å². The van der Waals surface area contributed by atoms with Gasteiger partial charge in [0.25, 0.3) is 0 Å². The van der Waals surface area contributed by atoms with Crippen molar-refractivity contribution in [3.05, 3.63) is 46.4 Å². The molecule has 0 N–H and O–H groups in total. The molecule has 1 aromatic heterocycles. The highest BCUT2D eigenvalue weighted by atomic mass is 79.9. The van der Waals surface area contributed by atoms with Gasteiger partial charge in [0.1, 0.15) is 5.75 Å². The number of carbonyl (C=O) groups excluding carboxylic acids is 2. The van der Waals surface area contributed by atoms with Crippen molar-refractivity contribution >= 4 is 45.3 Å². The number of anilines is 1. The number of fused-ring (bicyclic) bond motifs is 3. The number of carbonyl (C=O) groups is 2. The van der Waals surface area contributed by atoms with Crippen molar-refractivity contribution in [1.29, 1.82) is 0 Å². The highest BCUT2D eigenvalue weighted by Crippen LogP contribution is 2.47. The number of para-hydroxylation sites is 1. The number of benzene rings is 2. The van der Waals surface area contributed by atoms with Crippen molar-refractivity contribution in [2.75, 3.05) is 17.8 Å². The fourth-order valence-electron chi connectivity index (χ4n) is 3.59. The number of hydrogen-bond acceptors (Lipinski definition) is 9. The van der Waals surface area contributed by atoms with E-state index in [9.17, 15) is 9.59 Å². The second-order valence-electron chi connectivity index (χ2n) is 7.18. The molecule has 0 aliphatic carbocycles. The Kier molecular flexibility index (Phi) is 7.03. The maximum Gasteiger partial charge on any atom is 0.308 e. The topological polar surface area (TPSA) is 104 Å². The van der Waals surface area contributed by atoms with E-state index in [2.05, 4.69) is 31.1 Å². The lowest BCUT2D eigenvalue weighted by molar-refractivity contribution is -0.132. The van der Waals surface area contributed by atoms with Gasteiger partial charge in [0.15, 0.2) is 11.4 Å². The molecular weight excluding hydrogens is 524 g/mol. The molecular formula is C23H21BrN4O5S. The number of rotatable bonds is 5. The number of thioether (sulfide) groups is 1. The first-order valence-electron chi connectivity index (χ1n) is 10.3. The van der Waals surface area contributed by atoms with Gasteiger partial charge in [-0.05, 0) is 39.9 Å². The lowest BCUT2D eigenvalue weighted by Gasteiger charge is -2.31. The van der Waals surface area contributed by atoms with Crippen LogP contribution in [-0.4, -0.2) is 39.9 Å². The lowest BCUT2D eigenvalue weighted by atomic mass is 10.1. The number of nitrogens with zero attached hydrogens (tertiary/aromatic N) is 4. The third-order valence-corrected chi connectivity index (χ3v) is 6.23. The predicted molar refractivity (Wildman–Crippen MR) is 130 cm³/mol. The van der Waals surface area contributed by atoms with Gasteiger partial charge in [-0.15, -0.1) is 10.2 Å². The van der Waals surface area contributed by atoms with E-state index >= 15 is 0 Å². The normalized spacial score (nSPS) is 14.4. The first kappa shape index (κ1) is 24.0. The van der Waals surface area contributed by atoms with E-state index in [1.54, 1.807) is 18.2 Å². The molecule has 0 bridgehead atoms. The van der Waals surface area contributed by atoms with Crippen molar-refractivity contribution in [2.45, 2.75) is 32.2 Å². The molecule has 2 heterocycles. The molecule has 0 saturated heterocycles. The molecule has 1 aliphatic heterocycles. The number of ether oxygens (including phenoxy) is 3. The third kappa shape index (κ3) is 4.58. The third-order valence-electron chi connectivity index (χ3n) is 4.92. The SMILES string of the molecule is CCSc1nnc2c(n1)O[C@@H](c1cc(OC)cc(Br)c1OC(C)=O)N(C(C)=O)c1ccccc1-2. The zero-order chi connectivity index (χ0) is 24.4. The molecule has 1 amide bonds. The molecule has 0 radical (unpaired) electrons. The zero-order valence-electron chi connectivity index (χ0n) is 18.9. The first-order chi connectivity index (χ1) is 16.3. The van der Waals surface area contributed by atoms with Gasteiger partial charge in [-0.25, -0.2) is 0 Å². The fourth-order valence-corrected chi connectivity index (χ4v) is 4.63. The van der Waals surface area contributed by atoms with Gasteiger partial charge in [-0.3, -0.25) is 14.5 Å². The highest BCUT2D eigenvalue weighted by molar-refractivity contribution is 9.10. The number of methoxy groups -OCH3 is 1. The molecule has 0 spiro atoms. The van der Waals surface area contributed by atoms with Crippen LogP contribution in [0.25, 0.3) is 11.3 Å². The van der Waals surface area contributed by atoms with Crippen LogP contribution in [0, 0.1) is 0 Å². The largest absolute Gasteiger partial charge is 0.497 e. The van der Waals surface area contributed by atoms with Gasteiger partial charge in [-0.2, -0.15) is 4.98 Å². The van der Waals surface area contributed by atoms with Gasteiger partial charge in [-0.1, -0.05) is 36.9 Å². The minimum Gasteiger partial charge on any atom is -0.497 e. The van der Waals surface area contributed by atoms with Crippen molar-refractivity contribution < 1.29 is 23.8 Å². The Morgan fingerprint density at radius 1 is 1.21 bits per heavy atom. The lowest BCUT2D eigenvalue weighted by Crippen LogP contribution is -2.36. The van der Waals surface area contributed by atoms with Crippen molar-refractivity contribution in [2.24, 2.45) is 0 Å². The Hall–Kier alpha value is -3.18. The summed E-state index contributed by atoms with van der Waals surface area (Å²) in [5.74, 6) is 0.816. The van der Waals surface area contributed by atoms with E-state index in [4.69, 9.17) is 14.2 Å². The monoisotopic (exact) mass is 544 g/mol. The van der Waals surface area contributed by atoms with Gasteiger partial charge in [0.05, 0.1) is 22.8 Å². The highest BCUT2D eigenvalue weighted by Gasteiger charge is 2.37. The molecule has 2 aromatic carbocycles. The van der Waals surface area contributed by atoms with Crippen molar-refractivity contribution in [3.63, 3.8) is 0 Å². The molecule has 9 nitrogen and oxygen atoms in total. The summed E-state index contributed by atoms with van der Waals surface area (Å²) in [7, 11) is 1.52. The van der Waals surface area contributed by atoms with E-state index in [1.165, 1.54) is 37.6 Å². The summed E-state index contributed by atoms with van der Waals surface area (Å²) in [6.45, 7) is 4.71. The summed E-state index contributed by atoms with van der Waals surface area (Å²) in [6, 6.07) is 10.6. The smallest absolute Gasteiger partial charge is 0.308 e. The number of esters is 1. The van der Waals surface area contributed by atoms with Crippen LogP contribution in [-0.2, 0) is 9.59 Å². The maximum absolute atomic E-state index is 13.0. The molecule has 4 rings (SSSR count). The Morgan fingerprint density at radius 3 is 2.65 bits per heavy atom. The quantitative estimate of drug-likeness (QED) is 0.254. The second kappa shape index (κ2) is 9.98. The summed E-state index contributed by atoms with van der Waals surface area (Å²) in [6.07, 6.45) is -1.04. The van der Waals surface area contributed by atoms with Gasteiger partial charge >= 0.3 is 5.97 Å². The summed E-state index contributed by atoms with van der Waals surface area (Å²) >= 11 is 4.87. The maximum atomic E-state index is 13.0. The molecule has 34 heavy (non-hydrogen) atoms. The van der Waals surface area contributed by atoms with Gasteiger partial charge < -0.3 is 14.2 Å². The van der Waals surface area contributed by atoms with E-state index in [0.717, 1.165) is 5.75 Å². The molecule has 1 atom stereocenters. The van der Waals surface area contributed by atoms with Crippen molar-refractivity contribution in [1.82, 2.24) is 15.2 Å². The molecule has 0 fully saturated rings. The molecule has 1 aliphatic rings.